The van der Waals surface area contributed by atoms with Crippen LogP contribution < -0.4 is 11.1 Å². The lowest BCUT2D eigenvalue weighted by Crippen LogP contribution is -2.23. The van der Waals surface area contributed by atoms with Crippen LogP contribution in [0.25, 0.3) is 11.1 Å². The molecule has 1 aromatic rings. The van der Waals surface area contributed by atoms with E-state index in [4.69, 9.17) is 5.73 Å². The van der Waals surface area contributed by atoms with Crippen molar-refractivity contribution in [2.45, 2.75) is 25.9 Å². The van der Waals surface area contributed by atoms with Gasteiger partial charge in [-0.25, -0.2) is 4.39 Å². The predicted molar refractivity (Wildman–Crippen MR) is 82.7 cm³/mol. The summed E-state index contributed by atoms with van der Waals surface area (Å²) in [4.78, 5) is 11.6. The lowest BCUT2D eigenvalue weighted by molar-refractivity contribution is -0.0921. The molecule has 3 rings (SSSR count). The van der Waals surface area contributed by atoms with E-state index in [0.29, 0.717) is 18.5 Å². The fourth-order valence-electron chi connectivity index (χ4n) is 3.43. The topological polar surface area (TPSA) is 55.1 Å². The lowest BCUT2D eigenvalue weighted by atomic mass is 9.89. The van der Waals surface area contributed by atoms with E-state index in [9.17, 15) is 22.4 Å². The summed E-state index contributed by atoms with van der Waals surface area (Å²) in [5.41, 5.74) is 5.34. The number of hydrogen-bond donors (Lipinski definition) is 2. The summed E-state index contributed by atoms with van der Waals surface area (Å²) in [6, 6.07) is 0.957. The second-order valence-corrected chi connectivity index (χ2v) is 5.97. The van der Waals surface area contributed by atoms with Gasteiger partial charge in [0.2, 0.25) is 5.91 Å². The van der Waals surface area contributed by atoms with Crippen molar-refractivity contribution in [1.29, 1.82) is 0 Å². The highest BCUT2D eigenvalue weighted by atomic mass is 19.4. The van der Waals surface area contributed by atoms with Crippen LogP contribution in [0, 0.1) is 5.82 Å². The third-order valence-electron chi connectivity index (χ3n) is 4.52. The zero-order valence-corrected chi connectivity index (χ0v) is 13.0. The Morgan fingerprint density at radius 2 is 2.00 bits per heavy atom. The van der Waals surface area contributed by atoms with Gasteiger partial charge in [0.15, 0.2) is 0 Å². The molecule has 0 bridgehead atoms. The Hall–Kier alpha value is -2.15. The van der Waals surface area contributed by atoms with E-state index < -0.39 is 29.9 Å². The predicted octanol–water partition coefficient (Wildman–Crippen LogP) is 3.19. The number of hydrogen-bond acceptors (Lipinski definition) is 2. The van der Waals surface area contributed by atoms with Crippen LogP contribution in [-0.2, 0) is 6.42 Å². The average molecular weight is 340 g/mol. The SMILES string of the molecule is CC1=C(C(F)(F)F)Cc2c(C(N)=O)cc(F)c(C3=CCCNC3)c21. The van der Waals surface area contributed by atoms with Gasteiger partial charge in [-0.2, -0.15) is 13.2 Å². The molecule has 1 heterocycles. The van der Waals surface area contributed by atoms with Crippen LogP contribution >= 0.6 is 0 Å². The Balaban J connectivity index is 2.30. The molecule has 2 aliphatic rings. The number of nitrogens with one attached hydrogen (secondary N) is 1. The quantitative estimate of drug-likeness (QED) is 0.813. The van der Waals surface area contributed by atoms with Crippen LogP contribution in [0.2, 0.25) is 0 Å². The van der Waals surface area contributed by atoms with E-state index in [-0.39, 0.29) is 27.8 Å². The summed E-state index contributed by atoms with van der Waals surface area (Å²) in [6.45, 7) is 2.42. The number of nitrogens with two attached hydrogens (primary N) is 1. The minimum atomic E-state index is -4.54. The molecule has 3 N–H and O–H groups in total. The minimum Gasteiger partial charge on any atom is -0.366 e. The summed E-state index contributed by atoms with van der Waals surface area (Å²) in [5, 5.41) is 3.08. The lowest BCUT2D eigenvalue weighted by Gasteiger charge is -2.20. The standard InChI is InChI=1S/C17H16F4N2O/c1-8-12(17(19,20)21)5-10-11(16(22)24)6-13(18)15(14(8)10)9-3-2-4-23-7-9/h3,6,23H,2,4-5,7H2,1H3,(H2,22,24). The normalized spacial score (nSPS) is 17.8. The third kappa shape index (κ3) is 2.62. The van der Waals surface area contributed by atoms with Crippen molar-refractivity contribution >= 4 is 17.1 Å². The molecular formula is C17H16F4N2O. The number of alkyl halides is 3. The van der Waals surface area contributed by atoms with E-state index in [1.165, 1.54) is 6.92 Å². The highest BCUT2D eigenvalue weighted by Gasteiger charge is 2.41. The maximum absolute atomic E-state index is 14.7. The Bertz CT molecular complexity index is 791. The number of carbonyl (C=O) groups is 1. The van der Waals surface area contributed by atoms with Gasteiger partial charge in [0.1, 0.15) is 5.82 Å². The summed E-state index contributed by atoms with van der Waals surface area (Å²) >= 11 is 0. The first-order valence-corrected chi connectivity index (χ1v) is 7.54. The third-order valence-corrected chi connectivity index (χ3v) is 4.52. The number of halogens is 4. The van der Waals surface area contributed by atoms with E-state index in [2.05, 4.69) is 5.32 Å². The summed E-state index contributed by atoms with van der Waals surface area (Å²) in [5.74, 6) is -1.65. The van der Waals surface area contributed by atoms with Crippen LogP contribution in [0.1, 0.15) is 40.4 Å². The summed E-state index contributed by atoms with van der Waals surface area (Å²) < 4.78 is 54.5. The molecule has 7 heteroatoms. The summed E-state index contributed by atoms with van der Waals surface area (Å²) in [6.07, 6.45) is -2.52. The number of fused-ring (bicyclic) bond motifs is 1. The zero-order chi connectivity index (χ0) is 17.6. The molecule has 0 spiro atoms. The van der Waals surface area contributed by atoms with Crippen LogP contribution in [-0.4, -0.2) is 25.2 Å². The van der Waals surface area contributed by atoms with Gasteiger partial charge in [0.25, 0.3) is 0 Å². The number of carbonyl (C=O) groups excluding carboxylic acids is 1. The highest BCUT2D eigenvalue weighted by molar-refractivity contribution is 5.99. The van der Waals surface area contributed by atoms with Gasteiger partial charge >= 0.3 is 6.18 Å². The van der Waals surface area contributed by atoms with Gasteiger partial charge in [-0.05, 0) is 48.2 Å². The van der Waals surface area contributed by atoms with E-state index in [1.807, 2.05) is 6.08 Å². The van der Waals surface area contributed by atoms with Crippen molar-refractivity contribution in [3.05, 3.63) is 45.8 Å². The van der Waals surface area contributed by atoms with Gasteiger partial charge in [-0.15, -0.1) is 0 Å². The van der Waals surface area contributed by atoms with Gasteiger partial charge in [0, 0.05) is 29.7 Å². The van der Waals surface area contributed by atoms with E-state index >= 15 is 0 Å². The first kappa shape index (κ1) is 16.7. The minimum absolute atomic E-state index is 0.0408. The first-order valence-electron chi connectivity index (χ1n) is 7.54. The molecule has 0 saturated carbocycles. The van der Waals surface area contributed by atoms with Crippen molar-refractivity contribution in [3.8, 4) is 0 Å². The summed E-state index contributed by atoms with van der Waals surface area (Å²) in [7, 11) is 0. The molecule has 0 saturated heterocycles. The Morgan fingerprint density at radius 3 is 2.54 bits per heavy atom. The fourth-order valence-corrected chi connectivity index (χ4v) is 3.43. The smallest absolute Gasteiger partial charge is 0.366 e. The highest BCUT2D eigenvalue weighted by Crippen LogP contribution is 2.46. The second kappa shape index (κ2) is 5.73. The average Bonchev–Trinajstić information content (AvgIpc) is 2.85. The number of primary amides is 1. The van der Waals surface area contributed by atoms with Crippen LogP contribution in [0.3, 0.4) is 0 Å². The molecule has 0 aromatic heterocycles. The van der Waals surface area contributed by atoms with E-state index in [1.54, 1.807) is 0 Å². The second-order valence-electron chi connectivity index (χ2n) is 5.97. The van der Waals surface area contributed by atoms with Crippen LogP contribution in [0.5, 0.6) is 0 Å². The Labute approximate surface area is 136 Å². The van der Waals surface area contributed by atoms with Crippen molar-refractivity contribution in [1.82, 2.24) is 5.32 Å². The molecule has 1 aromatic carbocycles. The Kier molecular flexibility index (Phi) is 3.99. The van der Waals surface area contributed by atoms with Crippen molar-refractivity contribution in [2.24, 2.45) is 5.73 Å². The molecule has 0 radical (unpaired) electrons. The molecule has 0 atom stereocenters. The fraction of sp³-hybridized carbons (Fsp3) is 0.353. The van der Waals surface area contributed by atoms with Crippen LogP contribution in [0.15, 0.2) is 17.7 Å². The van der Waals surface area contributed by atoms with Crippen molar-refractivity contribution in [2.75, 3.05) is 13.1 Å². The molecular weight excluding hydrogens is 324 g/mol. The number of rotatable bonds is 2. The molecule has 0 unspecified atom stereocenters. The number of amides is 1. The molecule has 3 nitrogen and oxygen atoms in total. The van der Waals surface area contributed by atoms with E-state index in [0.717, 1.165) is 12.6 Å². The molecule has 24 heavy (non-hydrogen) atoms. The van der Waals surface area contributed by atoms with Crippen LogP contribution in [0.4, 0.5) is 17.6 Å². The zero-order valence-electron chi connectivity index (χ0n) is 13.0. The molecule has 1 aliphatic heterocycles. The van der Waals surface area contributed by atoms with Crippen molar-refractivity contribution in [3.63, 3.8) is 0 Å². The molecule has 0 fully saturated rings. The number of benzene rings is 1. The van der Waals surface area contributed by atoms with Gasteiger partial charge in [0.05, 0.1) is 0 Å². The molecule has 1 amide bonds. The first-order chi connectivity index (χ1) is 11.2. The molecule has 1 aliphatic carbocycles. The van der Waals surface area contributed by atoms with Gasteiger partial charge in [-0.3, -0.25) is 4.79 Å². The molecule has 128 valence electrons. The Morgan fingerprint density at radius 1 is 1.29 bits per heavy atom. The van der Waals surface area contributed by atoms with Crippen molar-refractivity contribution < 1.29 is 22.4 Å². The van der Waals surface area contributed by atoms with Gasteiger partial charge in [-0.1, -0.05) is 6.08 Å². The maximum Gasteiger partial charge on any atom is 0.413 e. The largest absolute Gasteiger partial charge is 0.413 e. The maximum atomic E-state index is 14.7. The van der Waals surface area contributed by atoms with Gasteiger partial charge < -0.3 is 11.1 Å². The number of allylic oxidation sites excluding steroid dienone is 2. The monoisotopic (exact) mass is 340 g/mol.